The predicted octanol–water partition coefficient (Wildman–Crippen LogP) is 3.08. The van der Waals surface area contributed by atoms with Crippen molar-refractivity contribution in [2.75, 3.05) is 19.6 Å². The van der Waals surface area contributed by atoms with Gasteiger partial charge in [0.25, 0.3) is 0 Å². The van der Waals surface area contributed by atoms with Gasteiger partial charge in [0.1, 0.15) is 12.5 Å². The van der Waals surface area contributed by atoms with E-state index in [2.05, 4.69) is 45.3 Å². The van der Waals surface area contributed by atoms with Crippen LogP contribution in [0.15, 0.2) is 54.6 Å². The Hall–Kier alpha value is -2.11. The van der Waals surface area contributed by atoms with Crippen LogP contribution < -0.4 is 5.32 Å². The quantitative estimate of drug-likeness (QED) is 0.841. The van der Waals surface area contributed by atoms with Crippen LogP contribution in [-0.2, 0) is 6.54 Å². The van der Waals surface area contributed by atoms with Crippen LogP contribution in [0.4, 0.5) is 4.39 Å². The van der Waals surface area contributed by atoms with E-state index in [1.165, 1.54) is 17.5 Å². The average molecular weight is 340 g/mol. The van der Waals surface area contributed by atoms with Gasteiger partial charge in [-0.05, 0) is 18.9 Å². The number of likely N-dealkylation sites (tertiary alicyclic amines) is 1. The lowest BCUT2D eigenvalue weighted by Gasteiger charge is -2.24. The van der Waals surface area contributed by atoms with Gasteiger partial charge in [0, 0.05) is 50.2 Å². The first-order chi connectivity index (χ1) is 12.2. The maximum absolute atomic E-state index is 13.9. The third kappa shape index (κ3) is 5.44. The van der Waals surface area contributed by atoms with Gasteiger partial charge in [0.2, 0.25) is 0 Å². The molecule has 1 aliphatic heterocycles. The van der Waals surface area contributed by atoms with Crippen LogP contribution in [0.3, 0.4) is 0 Å². The SMILES string of the molecule is C/C(=C\c1ccccc1)CNC[C@@H]1C[C@H](F)CN1Cc1cncnc1. The van der Waals surface area contributed by atoms with Gasteiger partial charge in [-0.1, -0.05) is 42.0 Å². The summed E-state index contributed by atoms with van der Waals surface area (Å²) in [6, 6.07) is 10.5. The standard InChI is InChI=1S/C20H25FN4/c1-16(7-17-5-3-2-4-6-17)9-22-12-20-8-19(21)14-25(20)13-18-10-23-15-24-11-18/h2-7,10-11,15,19-20,22H,8-9,12-14H2,1H3/b16-7+/t19-,20-/m0/s1. The summed E-state index contributed by atoms with van der Waals surface area (Å²) < 4.78 is 13.9. The zero-order valence-corrected chi connectivity index (χ0v) is 14.6. The van der Waals surface area contributed by atoms with Gasteiger partial charge in [-0.25, -0.2) is 14.4 Å². The Bertz CT molecular complexity index is 675. The van der Waals surface area contributed by atoms with Crippen LogP contribution in [0.25, 0.3) is 6.08 Å². The van der Waals surface area contributed by atoms with Gasteiger partial charge in [0.15, 0.2) is 0 Å². The highest BCUT2D eigenvalue weighted by Crippen LogP contribution is 2.22. The molecule has 0 saturated carbocycles. The van der Waals surface area contributed by atoms with Crippen LogP contribution >= 0.6 is 0 Å². The molecule has 1 fully saturated rings. The van der Waals surface area contributed by atoms with E-state index in [1.54, 1.807) is 12.4 Å². The molecule has 0 bridgehead atoms. The van der Waals surface area contributed by atoms with Crippen molar-refractivity contribution in [1.29, 1.82) is 0 Å². The van der Waals surface area contributed by atoms with Crippen molar-refractivity contribution in [1.82, 2.24) is 20.2 Å². The van der Waals surface area contributed by atoms with E-state index < -0.39 is 6.17 Å². The minimum Gasteiger partial charge on any atom is -0.311 e. The van der Waals surface area contributed by atoms with E-state index in [1.807, 2.05) is 18.2 Å². The number of aromatic nitrogens is 2. The third-order valence-electron chi connectivity index (χ3n) is 4.47. The molecule has 4 nitrogen and oxygen atoms in total. The fraction of sp³-hybridized carbons (Fsp3) is 0.400. The van der Waals surface area contributed by atoms with Crippen LogP contribution in [0.1, 0.15) is 24.5 Å². The molecule has 132 valence electrons. The van der Waals surface area contributed by atoms with Gasteiger partial charge in [-0.15, -0.1) is 0 Å². The number of halogens is 1. The Labute approximate surface area is 148 Å². The normalized spacial score (nSPS) is 21.6. The Morgan fingerprint density at radius 1 is 1.28 bits per heavy atom. The predicted molar refractivity (Wildman–Crippen MR) is 98.7 cm³/mol. The molecule has 2 heterocycles. The number of alkyl halides is 1. The zero-order chi connectivity index (χ0) is 17.5. The van der Waals surface area contributed by atoms with Crippen molar-refractivity contribution in [3.05, 3.63) is 65.8 Å². The summed E-state index contributed by atoms with van der Waals surface area (Å²) in [6.45, 7) is 4.90. The van der Waals surface area contributed by atoms with Crippen molar-refractivity contribution in [3.63, 3.8) is 0 Å². The number of rotatable bonds is 7. The Balaban J connectivity index is 1.50. The fourth-order valence-corrected chi connectivity index (χ4v) is 3.30. The van der Waals surface area contributed by atoms with Gasteiger partial charge in [-0.2, -0.15) is 0 Å². The molecule has 0 amide bonds. The monoisotopic (exact) mass is 340 g/mol. The molecular formula is C20H25FN4. The van der Waals surface area contributed by atoms with Gasteiger partial charge in [-0.3, -0.25) is 4.90 Å². The molecule has 0 spiro atoms. The molecule has 2 aromatic rings. The number of hydrogen-bond acceptors (Lipinski definition) is 4. The molecule has 1 N–H and O–H groups in total. The number of benzene rings is 1. The maximum atomic E-state index is 13.9. The summed E-state index contributed by atoms with van der Waals surface area (Å²) in [5, 5.41) is 3.48. The smallest absolute Gasteiger partial charge is 0.115 e. The van der Waals surface area contributed by atoms with Gasteiger partial charge < -0.3 is 5.32 Å². The molecule has 2 atom stereocenters. The summed E-state index contributed by atoms with van der Waals surface area (Å²) in [5.74, 6) is 0. The summed E-state index contributed by atoms with van der Waals surface area (Å²) in [4.78, 5) is 10.3. The first-order valence-corrected chi connectivity index (χ1v) is 8.75. The van der Waals surface area contributed by atoms with Gasteiger partial charge >= 0.3 is 0 Å². The second-order valence-corrected chi connectivity index (χ2v) is 6.70. The number of nitrogens with one attached hydrogen (secondary N) is 1. The van der Waals surface area contributed by atoms with E-state index >= 15 is 0 Å². The first-order valence-electron chi connectivity index (χ1n) is 8.75. The zero-order valence-electron chi connectivity index (χ0n) is 14.6. The van der Waals surface area contributed by atoms with Gasteiger partial charge in [0.05, 0.1) is 0 Å². The van der Waals surface area contributed by atoms with Crippen molar-refractivity contribution >= 4 is 6.08 Å². The molecule has 5 heteroatoms. The highest BCUT2D eigenvalue weighted by molar-refractivity contribution is 5.52. The van der Waals surface area contributed by atoms with Crippen LogP contribution in [0.5, 0.6) is 0 Å². The topological polar surface area (TPSA) is 41.0 Å². The lowest BCUT2D eigenvalue weighted by atomic mass is 10.1. The minimum atomic E-state index is -0.752. The van der Waals surface area contributed by atoms with E-state index in [9.17, 15) is 4.39 Å². The molecular weight excluding hydrogens is 315 g/mol. The third-order valence-corrected chi connectivity index (χ3v) is 4.47. The van der Waals surface area contributed by atoms with Crippen LogP contribution in [0.2, 0.25) is 0 Å². The number of hydrogen-bond donors (Lipinski definition) is 1. The van der Waals surface area contributed by atoms with E-state index in [4.69, 9.17) is 0 Å². The molecule has 1 aliphatic rings. The molecule has 1 saturated heterocycles. The molecule has 1 aromatic heterocycles. The van der Waals surface area contributed by atoms with E-state index in [0.29, 0.717) is 19.5 Å². The molecule has 0 unspecified atom stereocenters. The van der Waals surface area contributed by atoms with E-state index in [0.717, 1.165) is 18.7 Å². The van der Waals surface area contributed by atoms with Crippen LogP contribution in [0, 0.1) is 0 Å². The highest BCUT2D eigenvalue weighted by atomic mass is 19.1. The summed E-state index contributed by atoms with van der Waals surface area (Å²) in [7, 11) is 0. The van der Waals surface area contributed by atoms with Crippen molar-refractivity contribution in [2.24, 2.45) is 0 Å². The second-order valence-electron chi connectivity index (χ2n) is 6.70. The van der Waals surface area contributed by atoms with Crippen LogP contribution in [-0.4, -0.2) is 46.7 Å². The molecule has 25 heavy (non-hydrogen) atoms. The first kappa shape index (κ1) is 17.7. The fourth-order valence-electron chi connectivity index (χ4n) is 3.30. The highest BCUT2D eigenvalue weighted by Gasteiger charge is 2.31. The van der Waals surface area contributed by atoms with E-state index in [-0.39, 0.29) is 6.04 Å². The summed E-state index contributed by atoms with van der Waals surface area (Å²) in [5.41, 5.74) is 3.50. The largest absolute Gasteiger partial charge is 0.311 e. The lowest BCUT2D eigenvalue weighted by molar-refractivity contribution is 0.231. The molecule has 1 aromatic carbocycles. The molecule has 0 radical (unpaired) electrons. The maximum Gasteiger partial charge on any atom is 0.115 e. The number of nitrogens with zero attached hydrogens (tertiary/aromatic N) is 3. The van der Waals surface area contributed by atoms with Crippen molar-refractivity contribution < 1.29 is 4.39 Å². The minimum absolute atomic E-state index is 0.208. The van der Waals surface area contributed by atoms with Crippen molar-refractivity contribution in [2.45, 2.75) is 32.1 Å². The second kappa shape index (κ2) is 8.83. The summed E-state index contributed by atoms with van der Waals surface area (Å²) >= 11 is 0. The summed E-state index contributed by atoms with van der Waals surface area (Å²) in [6.07, 6.45) is 7.14. The Morgan fingerprint density at radius 2 is 2.04 bits per heavy atom. The lowest BCUT2D eigenvalue weighted by Crippen LogP contribution is -2.38. The average Bonchev–Trinajstić information content (AvgIpc) is 2.96. The Kier molecular flexibility index (Phi) is 6.25. The molecule has 3 rings (SSSR count). The molecule has 0 aliphatic carbocycles. The van der Waals surface area contributed by atoms with Crippen molar-refractivity contribution in [3.8, 4) is 0 Å². The Morgan fingerprint density at radius 3 is 2.80 bits per heavy atom.